The Morgan fingerprint density at radius 1 is 0.930 bits per heavy atom. The quantitative estimate of drug-likeness (QED) is 0.248. The summed E-state index contributed by atoms with van der Waals surface area (Å²) in [6.45, 7) is 17.3. The van der Waals surface area contributed by atoms with Crippen molar-refractivity contribution in [2.45, 2.75) is 58.8 Å². The number of aromatic amines is 1. The number of amides is 1. The van der Waals surface area contributed by atoms with Gasteiger partial charge in [-0.05, 0) is 89.4 Å². The summed E-state index contributed by atoms with van der Waals surface area (Å²) in [5, 5.41) is 1.66. The van der Waals surface area contributed by atoms with Crippen LogP contribution in [0.5, 0.6) is 0 Å². The maximum absolute atomic E-state index is 12.4. The highest BCUT2D eigenvalue weighted by Crippen LogP contribution is 2.33. The molecular weight excluding hydrogens is 556 g/mol. The lowest BCUT2D eigenvalue weighted by Crippen LogP contribution is -2.44. The van der Waals surface area contributed by atoms with Crippen LogP contribution in [0.3, 0.4) is 0 Å². The Morgan fingerprint density at radius 2 is 1.65 bits per heavy atom. The van der Waals surface area contributed by atoms with Crippen molar-refractivity contribution in [2.24, 2.45) is 0 Å². The monoisotopic (exact) mass is 598 g/mol. The van der Waals surface area contributed by atoms with Gasteiger partial charge in [-0.2, -0.15) is 0 Å². The lowest BCUT2D eigenvalue weighted by atomic mass is 10.0. The molecule has 1 N–H and O–H groups in total. The predicted molar refractivity (Wildman–Crippen MR) is 177 cm³/mol. The zero-order valence-corrected chi connectivity index (χ0v) is 26.9. The third kappa shape index (κ3) is 6.68. The third-order valence-corrected chi connectivity index (χ3v) is 9.51. The van der Waals surface area contributed by atoms with Crippen LogP contribution in [0.1, 0.15) is 44.1 Å². The molecular formula is C34H42N6O2S. The van der Waals surface area contributed by atoms with Gasteiger partial charge in [-0.25, -0.2) is 14.1 Å². The molecule has 5 heterocycles. The van der Waals surface area contributed by atoms with Gasteiger partial charge in [0.25, 0.3) is 0 Å². The van der Waals surface area contributed by atoms with Crippen LogP contribution >= 0.6 is 11.9 Å². The van der Waals surface area contributed by atoms with Crippen molar-refractivity contribution in [1.82, 2.24) is 24.2 Å². The first-order valence-corrected chi connectivity index (χ1v) is 16.0. The Kier molecular flexibility index (Phi) is 8.13. The normalized spacial score (nSPS) is 18.0. The van der Waals surface area contributed by atoms with Crippen molar-refractivity contribution in [3.8, 4) is 22.4 Å². The minimum atomic E-state index is -0.455. The number of aryl methyl sites for hydroxylation is 3. The van der Waals surface area contributed by atoms with Crippen molar-refractivity contribution in [3.05, 3.63) is 65.6 Å². The zero-order valence-electron chi connectivity index (χ0n) is 26.1. The van der Waals surface area contributed by atoms with E-state index in [1.807, 2.05) is 57.7 Å². The lowest BCUT2D eigenvalue weighted by molar-refractivity contribution is 0.0295. The molecule has 43 heavy (non-hydrogen) atoms. The molecule has 9 heteroatoms. The number of ether oxygens (including phenoxy) is 1. The number of rotatable bonds is 5. The maximum atomic E-state index is 12.4. The summed E-state index contributed by atoms with van der Waals surface area (Å²) in [6, 6.07) is 15.2. The molecule has 0 aliphatic carbocycles. The number of nitrogens with one attached hydrogen (secondary N) is 1. The fraction of sp³-hybridized carbons (Fsp3) is 0.441. The molecule has 226 valence electrons. The van der Waals surface area contributed by atoms with Gasteiger partial charge in [0.15, 0.2) is 0 Å². The van der Waals surface area contributed by atoms with Crippen LogP contribution in [0, 0.1) is 20.8 Å². The molecule has 3 aromatic heterocycles. The standard InChI is InChI=1S/C34H42N6O2S/c1-22-17-27(18-23(2)36-22)32-24(3)29-9-7-25(19-30(29)37-32)26-8-10-31(35-20-26)38-13-15-40(16-14-38)43-28-11-12-39(21-28)33(41)42-34(4,5)6/h7-10,17-20,28,37H,11-16,21H2,1-6H3. The van der Waals surface area contributed by atoms with E-state index < -0.39 is 5.60 Å². The van der Waals surface area contributed by atoms with Gasteiger partial charge in [0.2, 0.25) is 0 Å². The minimum Gasteiger partial charge on any atom is -0.444 e. The smallest absolute Gasteiger partial charge is 0.410 e. The molecule has 2 saturated heterocycles. The number of aromatic nitrogens is 3. The highest BCUT2D eigenvalue weighted by atomic mass is 32.2. The van der Waals surface area contributed by atoms with Gasteiger partial charge in [0.05, 0.1) is 0 Å². The van der Waals surface area contributed by atoms with E-state index in [9.17, 15) is 4.79 Å². The maximum Gasteiger partial charge on any atom is 0.410 e. The molecule has 2 aliphatic heterocycles. The third-order valence-electron chi connectivity index (χ3n) is 8.17. The number of likely N-dealkylation sites (tertiary alicyclic amines) is 1. The van der Waals surface area contributed by atoms with E-state index in [4.69, 9.17) is 9.72 Å². The molecule has 8 nitrogen and oxygen atoms in total. The second-order valence-electron chi connectivity index (χ2n) is 12.8. The van der Waals surface area contributed by atoms with Gasteiger partial charge in [-0.15, -0.1) is 0 Å². The molecule has 4 aromatic rings. The lowest BCUT2D eigenvalue weighted by Gasteiger charge is -2.35. The fourth-order valence-electron chi connectivity index (χ4n) is 6.07. The van der Waals surface area contributed by atoms with Crippen LogP contribution in [-0.4, -0.2) is 80.4 Å². The molecule has 1 unspecified atom stereocenters. The van der Waals surface area contributed by atoms with E-state index in [0.717, 1.165) is 85.2 Å². The molecule has 2 fully saturated rings. The number of benzene rings is 1. The van der Waals surface area contributed by atoms with Gasteiger partial charge in [0.1, 0.15) is 11.4 Å². The van der Waals surface area contributed by atoms with Crippen molar-refractivity contribution in [3.63, 3.8) is 0 Å². The molecule has 1 aromatic carbocycles. The Labute approximate surface area is 259 Å². The summed E-state index contributed by atoms with van der Waals surface area (Å²) in [6.07, 6.45) is 2.80. The number of fused-ring (bicyclic) bond motifs is 1. The first-order valence-electron chi connectivity index (χ1n) is 15.2. The highest BCUT2D eigenvalue weighted by molar-refractivity contribution is 7.97. The van der Waals surface area contributed by atoms with Gasteiger partial charge >= 0.3 is 6.09 Å². The van der Waals surface area contributed by atoms with Crippen molar-refractivity contribution in [2.75, 3.05) is 44.2 Å². The van der Waals surface area contributed by atoms with E-state index in [2.05, 4.69) is 68.6 Å². The van der Waals surface area contributed by atoms with Crippen molar-refractivity contribution in [1.29, 1.82) is 0 Å². The molecule has 0 spiro atoms. The Bertz CT molecular complexity index is 1600. The highest BCUT2D eigenvalue weighted by Gasteiger charge is 2.32. The second kappa shape index (κ2) is 11.8. The summed E-state index contributed by atoms with van der Waals surface area (Å²) in [5.41, 5.74) is 8.58. The van der Waals surface area contributed by atoms with Gasteiger partial charge in [0, 0.05) is 89.8 Å². The number of hydrogen-bond donors (Lipinski definition) is 1. The summed E-state index contributed by atoms with van der Waals surface area (Å²) >= 11 is 1.90. The summed E-state index contributed by atoms with van der Waals surface area (Å²) < 4.78 is 8.00. The van der Waals surface area contributed by atoms with Gasteiger partial charge in [-0.1, -0.05) is 24.1 Å². The second-order valence-corrected chi connectivity index (χ2v) is 14.2. The SMILES string of the molecule is Cc1cc(-c2[nH]c3cc(-c4ccc(N5CCN(SC6CCN(C(=O)OC(C)(C)C)C6)CC5)nc4)ccc3c2C)cc(C)n1. The largest absolute Gasteiger partial charge is 0.444 e. The first kappa shape index (κ1) is 29.5. The number of carbonyl (C=O) groups is 1. The molecule has 1 amide bonds. The van der Waals surface area contributed by atoms with E-state index in [0.29, 0.717) is 5.25 Å². The Balaban J connectivity index is 1.06. The van der Waals surface area contributed by atoms with Gasteiger partial charge < -0.3 is 19.5 Å². The number of carbonyl (C=O) groups excluding carboxylic acids is 1. The van der Waals surface area contributed by atoms with Gasteiger partial charge in [-0.3, -0.25) is 4.98 Å². The van der Waals surface area contributed by atoms with E-state index in [-0.39, 0.29) is 6.09 Å². The van der Waals surface area contributed by atoms with Crippen molar-refractivity contribution < 1.29 is 9.53 Å². The number of nitrogens with zero attached hydrogens (tertiary/aromatic N) is 5. The average Bonchev–Trinajstić information content (AvgIpc) is 3.56. The van der Waals surface area contributed by atoms with E-state index >= 15 is 0 Å². The summed E-state index contributed by atoms with van der Waals surface area (Å²) in [4.78, 5) is 29.7. The summed E-state index contributed by atoms with van der Waals surface area (Å²) in [7, 11) is 0. The molecule has 6 rings (SSSR count). The Hall–Kier alpha value is -3.56. The van der Waals surface area contributed by atoms with Crippen molar-refractivity contribution >= 4 is 34.8 Å². The van der Waals surface area contributed by atoms with Crippen LogP contribution in [0.4, 0.5) is 10.6 Å². The Morgan fingerprint density at radius 3 is 2.33 bits per heavy atom. The number of pyridine rings is 2. The number of anilines is 1. The van der Waals surface area contributed by atoms with Crippen LogP contribution in [0.2, 0.25) is 0 Å². The van der Waals surface area contributed by atoms with Crippen LogP contribution in [0.25, 0.3) is 33.3 Å². The molecule has 0 radical (unpaired) electrons. The number of hydrogen-bond acceptors (Lipinski definition) is 7. The van der Waals surface area contributed by atoms with E-state index in [1.54, 1.807) is 0 Å². The minimum absolute atomic E-state index is 0.197. The molecule has 1 atom stereocenters. The number of piperazine rings is 1. The van der Waals surface area contributed by atoms with Crippen LogP contribution in [-0.2, 0) is 4.74 Å². The molecule has 2 aliphatic rings. The van der Waals surface area contributed by atoms with E-state index in [1.165, 1.54) is 16.5 Å². The fourth-order valence-corrected chi connectivity index (χ4v) is 7.32. The topological polar surface area (TPSA) is 77.6 Å². The average molecular weight is 599 g/mol. The number of H-pyrrole nitrogens is 1. The first-order chi connectivity index (χ1) is 20.5. The predicted octanol–water partition coefficient (Wildman–Crippen LogP) is 7.00. The molecule has 0 bridgehead atoms. The zero-order chi connectivity index (χ0) is 30.3. The summed E-state index contributed by atoms with van der Waals surface area (Å²) in [5.74, 6) is 1.02. The van der Waals surface area contributed by atoms with Crippen LogP contribution in [0.15, 0.2) is 48.7 Å². The van der Waals surface area contributed by atoms with Crippen LogP contribution < -0.4 is 4.90 Å². The molecule has 0 saturated carbocycles.